The van der Waals surface area contributed by atoms with Crippen LogP contribution in [0.15, 0.2) is 34.5 Å². The first-order chi connectivity index (χ1) is 9.97. The van der Waals surface area contributed by atoms with Crippen molar-refractivity contribution in [2.24, 2.45) is 16.1 Å². The standard InChI is InChI=1S/C14H11N3O4/c1-7-10(13(18)19)11(12(14(20)21)17-16-7)9-5-3-2-4-8(9)6-15/h2-5,10-11H,1H3,(H,18,19)(H,20,21). The number of carboxylic acid groups (broad SMARTS) is 2. The van der Waals surface area contributed by atoms with E-state index < -0.39 is 23.8 Å². The van der Waals surface area contributed by atoms with Gasteiger partial charge in [0.25, 0.3) is 0 Å². The largest absolute Gasteiger partial charge is 0.481 e. The second-order valence-electron chi connectivity index (χ2n) is 4.52. The number of carbonyl (C=O) groups is 2. The molecule has 0 bridgehead atoms. The van der Waals surface area contributed by atoms with Crippen LogP contribution >= 0.6 is 0 Å². The Morgan fingerprint density at radius 2 is 1.90 bits per heavy atom. The summed E-state index contributed by atoms with van der Waals surface area (Å²) in [6.45, 7) is 1.48. The third kappa shape index (κ3) is 2.51. The molecule has 7 heteroatoms. The van der Waals surface area contributed by atoms with E-state index in [2.05, 4.69) is 10.2 Å². The molecule has 2 N–H and O–H groups in total. The molecule has 1 aromatic rings. The first kappa shape index (κ1) is 14.4. The van der Waals surface area contributed by atoms with Crippen LogP contribution in [0.4, 0.5) is 0 Å². The molecule has 0 saturated carbocycles. The Kier molecular flexibility index (Phi) is 3.80. The van der Waals surface area contributed by atoms with Gasteiger partial charge < -0.3 is 10.2 Å². The summed E-state index contributed by atoms with van der Waals surface area (Å²) in [5.74, 6) is -4.77. The molecular weight excluding hydrogens is 274 g/mol. The summed E-state index contributed by atoms with van der Waals surface area (Å²) in [5, 5.41) is 35.0. The van der Waals surface area contributed by atoms with E-state index in [0.717, 1.165) is 0 Å². The van der Waals surface area contributed by atoms with Gasteiger partial charge in [-0.25, -0.2) is 4.79 Å². The molecule has 0 fully saturated rings. The van der Waals surface area contributed by atoms with Gasteiger partial charge in [-0.2, -0.15) is 10.4 Å². The van der Waals surface area contributed by atoms with Crippen molar-refractivity contribution in [3.63, 3.8) is 0 Å². The van der Waals surface area contributed by atoms with E-state index in [9.17, 15) is 19.8 Å². The second kappa shape index (κ2) is 5.54. The van der Waals surface area contributed by atoms with Crippen molar-refractivity contribution in [3.8, 4) is 6.07 Å². The SMILES string of the molecule is CC1=NN=C(C(=O)O)C(c2ccccc2C#N)C1C(=O)O. The fraction of sp³-hybridized carbons (Fsp3) is 0.214. The van der Waals surface area contributed by atoms with Gasteiger partial charge in [-0.1, -0.05) is 18.2 Å². The zero-order valence-corrected chi connectivity index (χ0v) is 11.0. The lowest BCUT2D eigenvalue weighted by molar-refractivity contribution is -0.139. The zero-order chi connectivity index (χ0) is 15.6. The Morgan fingerprint density at radius 1 is 1.24 bits per heavy atom. The summed E-state index contributed by atoms with van der Waals surface area (Å²) >= 11 is 0. The predicted molar refractivity (Wildman–Crippen MR) is 73.2 cm³/mol. The van der Waals surface area contributed by atoms with Crippen LogP contribution in [0.1, 0.15) is 24.0 Å². The summed E-state index contributed by atoms with van der Waals surface area (Å²) in [5.41, 5.74) is 0.362. The predicted octanol–water partition coefficient (Wildman–Crippen LogP) is 1.26. The van der Waals surface area contributed by atoms with E-state index in [1.54, 1.807) is 12.1 Å². The zero-order valence-electron chi connectivity index (χ0n) is 11.0. The normalized spacial score (nSPS) is 21.0. The molecule has 21 heavy (non-hydrogen) atoms. The smallest absolute Gasteiger partial charge is 0.352 e. The Hall–Kier alpha value is -3.01. The molecule has 106 valence electrons. The fourth-order valence-electron chi connectivity index (χ4n) is 2.35. The molecule has 7 nitrogen and oxygen atoms in total. The highest BCUT2D eigenvalue weighted by atomic mass is 16.4. The Bertz CT molecular complexity index is 715. The van der Waals surface area contributed by atoms with Crippen LogP contribution in [0.5, 0.6) is 0 Å². The van der Waals surface area contributed by atoms with Crippen LogP contribution < -0.4 is 0 Å². The van der Waals surface area contributed by atoms with E-state index in [4.69, 9.17) is 5.26 Å². The summed E-state index contributed by atoms with van der Waals surface area (Å²) in [7, 11) is 0. The van der Waals surface area contributed by atoms with Crippen LogP contribution in [0.2, 0.25) is 0 Å². The van der Waals surface area contributed by atoms with Crippen LogP contribution in [0.3, 0.4) is 0 Å². The van der Waals surface area contributed by atoms with Crippen LogP contribution in [0.25, 0.3) is 0 Å². The molecule has 2 rings (SSSR count). The van der Waals surface area contributed by atoms with Crippen molar-refractivity contribution in [2.75, 3.05) is 0 Å². The third-order valence-corrected chi connectivity index (χ3v) is 3.29. The summed E-state index contributed by atoms with van der Waals surface area (Å²) in [4.78, 5) is 22.8. The van der Waals surface area contributed by atoms with Crippen molar-refractivity contribution >= 4 is 23.4 Å². The lowest BCUT2D eigenvalue weighted by Gasteiger charge is -2.26. The maximum Gasteiger partial charge on any atom is 0.352 e. The second-order valence-corrected chi connectivity index (χ2v) is 4.52. The molecule has 1 aliphatic heterocycles. The molecule has 1 aromatic carbocycles. The summed E-state index contributed by atoms with van der Waals surface area (Å²) in [6.07, 6.45) is 0. The van der Waals surface area contributed by atoms with E-state index in [1.165, 1.54) is 19.1 Å². The lowest BCUT2D eigenvalue weighted by atomic mass is 9.77. The van der Waals surface area contributed by atoms with E-state index >= 15 is 0 Å². The number of rotatable bonds is 3. The lowest BCUT2D eigenvalue weighted by Crippen LogP contribution is -2.39. The average molecular weight is 285 g/mol. The van der Waals surface area contributed by atoms with Crippen molar-refractivity contribution in [1.82, 2.24) is 0 Å². The number of carboxylic acids is 2. The molecule has 2 unspecified atom stereocenters. The number of nitrogens with zero attached hydrogens (tertiary/aromatic N) is 3. The highest BCUT2D eigenvalue weighted by Crippen LogP contribution is 2.33. The minimum absolute atomic E-state index is 0.199. The van der Waals surface area contributed by atoms with Crippen LogP contribution in [0, 0.1) is 17.2 Å². The maximum atomic E-state index is 11.5. The van der Waals surface area contributed by atoms with Gasteiger partial charge in [0.2, 0.25) is 0 Å². The van der Waals surface area contributed by atoms with Gasteiger partial charge in [0, 0.05) is 0 Å². The molecule has 1 aliphatic rings. The van der Waals surface area contributed by atoms with Crippen LogP contribution in [-0.4, -0.2) is 33.6 Å². The van der Waals surface area contributed by atoms with E-state index in [0.29, 0.717) is 5.56 Å². The van der Waals surface area contributed by atoms with Gasteiger partial charge >= 0.3 is 11.9 Å². The summed E-state index contributed by atoms with van der Waals surface area (Å²) < 4.78 is 0. The molecule has 0 aromatic heterocycles. The van der Waals surface area contributed by atoms with Gasteiger partial charge in [0.15, 0.2) is 5.71 Å². The quantitative estimate of drug-likeness (QED) is 0.865. The van der Waals surface area contributed by atoms with Gasteiger partial charge in [-0.05, 0) is 18.6 Å². The first-order valence-corrected chi connectivity index (χ1v) is 6.04. The molecular formula is C14H11N3O4. The van der Waals surface area contributed by atoms with Crippen molar-refractivity contribution in [3.05, 3.63) is 35.4 Å². The minimum Gasteiger partial charge on any atom is -0.481 e. The molecule has 0 spiro atoms. The highest BCUT2D eigenvalue weighted by molar-refractivity contribution is 6.39. The van der Waals surface area contributed by atoms with Crippen molar-refractivity contribution in [1.29, 1.82) is 5.26 Å². The molecule has 0 saturated heterocycles. The molecule has 0 radical (unpaired) electrons. The molecule has 2 atom stereocenters. The monoisotopic (exact) mass is 285 g/mol. The van der Waals surface area contributed by atoms with Crippen LogP contribution in [-0.2, 0) is 9.59 Å². The maximum absolute atomic E-state index is 11.5. The summed E-state index contributed by atoms with van der Waals surface area (Å²) in [6, 6.07) is 8.24. The van der Waals surface area contributed by atoms with E-state index in [1.807, 2.05) is 6.07 Å². The minimum atomic E-state index is -1.35. The number of aliphatic carboxylic acids is 2. The number of benzene rings is 1. The first-order valence-electron chi connectivity index (χ1n) is 6.04. The highest BCUT2D eigenvalue weighted by Gasteiger charge is 2.41. The molecule has 0 amide bonds. The van der Waals surface area contributed by atoms with Gasteiger partial charge in [0.1, 0.15) is 5.92 Å². The number of hydrogen-bond acceptors (Lipinski definition) is 5. The number of nitriles is 1. The van der Waals surface area contributed by atoms with Crippen molar-refractivity contribution in [2.45, 2.75) is 12.8 Å². The number of hydrogen-bond donors (Lipinski definition) is 2. The fourth-order valence-corrected chi connectivity index (χ4v) is 2.35. The molecule has 1 heterocycles. The topological polar surface area (TPSA) is 123 Å². The Morgan fingerprint density at radius 3 is 2.48 bits per heavy atom. The average Bonchev–Trinajstić information content (AvgIpc) is 2.46. The third-order valence-electron chi connectivity index (χ3n) is 3.29. The Balaban J connectivity index is 2.68. The van der Waals surface area contributed by atoms with Gasteiger partial charge in [-0.15, -0.1) is 5.10 Å². The van der Waals surface area contributed by atoms with Gasteiger partial charge in [0.05, 0.1) is 23.3 Å². The molecule has 0 aliphatic carbocycles. The van der Waals surface area contributed by atoms with Gasteiger partial charge in [-0.3, -0.25) is 4.79 Å². The Labute approximate surface area is 119 Å². The van der Waals surface area contributed by atoms with E-state index in [-0.39, 0.29) is 17.0 Å². The van der Waals surface area contributed by atoms with Crippen molar-refractivity contribution < 1.29 is 19.8 Å².